The number of hydrogen-bond acceptors (Lipinski definition) is 5. The number of aryl methyl sites for hydroxylation is 2. The lowest BCUT2D eigenvalue weighted by Crippen LogP contribution is -2.18. The van der Waals surface area contributed by atoms with Gasteiger partial charge in [0.25, 0.3) is 5.91 Å². The summed E-state index contributed by atoms with van der Waals surface area (Å²) in [6.45, 7) is 2.15. The second-order valence-corrected chi connectivity index (χ2v) is 5.13. The lowest BCUT2D eigenvalue weighted by atomic mass is 10.2. The van der Waals surface area contributed by atoms with E-state index in [0.717, 1.165) is 43.9 Å². The standard InChI is InChI=1S/C13H19N7O/c14-5-3-6-19-9-10(17-18-19)13(21)16-12-8-15-11-4-1-2-7-20(11)12/h8-9H,1-7,14H2,(H,16,21). The summed E-state index contributed by atoms with van der Waals surface area (Å²) in [5, 5.41) is 10.7. The van der Waals surface area contributed by atoms with Crippen LogP contribution in [0.25, 0.3) is 0 Å². The van der Waals surface area contributed by atoms with Crippen molar-refractivity contribution < 1.29 is 4.79 Å². The van der Waals surface area contributed by atoms with Gasteiger partial charge in [0, 0.05) is 19.5 Å². The lowest BCUT2D eigenvalue weighted by molar-refractivity contribution is 0.102. The molecular weight excluding hydrogens is 270 g/mol. The summed E-state index contributed by atoms with van der Waals surface area (Å²) in [4.78, 5) is 16.5. The third-order valence-electron chi connectivity index (χ3n) is 3.57. The summed E-state index contributed by atoms with van der Waals surface area (Å²) in [6.07, 6.45) is 7.38. The highest BCUT2D eigenvalue weighted by Gasteiger charge is 2.17. The molecule has 8 nitrogen and oxygen atoms in total. The van der Waals surface area contributed by atoms with Crippen LogP contribution in [0.15, 0.2) is 12.4 Å². The Labute approximate surface area is 122 Å². The molecule has 3 rings (SSSR count). The van der Waals surface area contributed by atoms with Gasteiger partial charge in [0.1, 0.15) is 11.6 Å². The molecule has 0 radical (unpaired) electrons. The summed E-state index contributed by atoms with van der Waals surface area (Å²) < 4.78 is 3.69. The van der Waals surface area contributed by atoms with Crippen molar-refractivity contribution >= 4 is 11.7 Å². The molecule has 1 aliphatic rings. The Morgan fingerprint density at radius 1 is 1.43 bits per heavy atom. The fourth-order valence-corrected chi connectivity index (χ4v) is 2.46. The van der Waals surface area contributed by atoms with E-state index in [2.05, 4.69) is 25.2 Å². The van der Waals surface area contributed by atoms with E-state index in [4.69, 9.17) is 5.73 Å². The maximum absolute atomic E-state index is 12.2. The SMILES string of the molecule is NCCCn1cc(C(=O)Nc2cnc3n2CCCC3)nn1. The van der Waals surface area contributed by atoms with Gasteiger partial charge < -0.3 is 15.6 Å². The van der Waals surface area contributed by atoms with Crippen LogP contribution in [0.2, 0.25) is 0 Å². The fourth-order valence-electron chi connectivity index (χ4n) is 2.46. The molecule has 1 aliphatic heterocycles. The van der Waals surface area contributed by atoms with Gasteiger partial charge in [0.05, 0.1) is 12.4 Å². The van der Waals surface area contributed by atoms with E-state index in [-0.39, 0.29) is 5.91 Å². The molecule has 21 heavy (non-hydrogen) atoms. The molecule has 0 fully saturated rings. The molecule has 3 heterocycles. The van der Waals surface area contributed by atoms with Crippen molar-refractivity contribution in [3.05, 3.63) is 23.9 Å². The number of fused-ring (bicyclic) bond motifs is 1. The van der Waals surface area contributed by atoms with Crippen molar-refractivity contribution in [3.8, 4) is 0 Å². The van der Waals surface area contributed by atoms with Crippen LogP contribution in [0.3, 0.4) is 0 Å². The number of carbonyl (C=O) groups excluding carboxylic acids is 1. The van der Waals surface area contributed by atoms with Crippen molar-refractivity contribution in [2.24, 2.45) is 5.73 Å². The van der Waals surface area contributed by atoms with E-state index in [1.165, 1.54) is 0 Å². The van der Waals surface area contributed by atoms with E-state index in [1.54, 1.807) is 17.1 Å². The van der Waals surface area contributed by atoms with Crippen LogP contribution in [0.1, 0.15) is 35.6 Å². The van der Waals surface area contributed by atoms with Crippen LogP contribution in [0, 0.1) is 0 Å². The molecule has 0 spiro atoms. The number of carbonyl (C=O) groups is 1. The molecule has 0 saturated heterocycles. The monoisotopic (exact) mass is 289 g/mol. The number of rotatable bonds is 5. The molecule has 0 unspecified atom stereocenters. The molecule has 0 bridgehead atoms. The number of nitrogens with two attached hydrogens (primary N) is 1. The van der Waals surface area contributed by atoms with Crippen LogP contribution in [0.5, 0.6) is 0 Å². The highest BCUT2D eigenvalue weighted by Crippen LogP contribution is 2.19. The third kappa shape index (κ3) is 2.94. The van der Waals surface area contributed by atoms with E-state index in [1.807, 2.05) is 0 Å². The quantitative estimate of drug-likeness (QED) is 0.829. The minimum absolute atomic E-state index is 0.262. The topological polar surface area (TPSA) is 104 Å². The first-order chi connectivity index (χ1) is 10.3. The fraction of sp³-hybridized carbons (Fsp3) is 0.538. The molecule has 112 valence electrons. The molecule has 0 aromatic carbocycles. The zero-order valence-electron chi connectivity index (χ0n) is 11.8. The Morgan fingerprint density at radius 2 is 2.33 bits per heavy atom. The number of amides is 1. The summed E-state index contributed by atoms with van der Waals surface area (Å²) in [5.74, 6) is 1.50. The van der Waals surface area contributed by atoms with E-state index in [0.29, 0.717) is 18.8 Å². The van der Waals surface area contributed by atoms with Gasteiger partial charge in [-0.05, 0) is 25.8 Å². The maximum atomic E-state index is 12.2. The number of anilines is 1. The Bertz CT molecular complexity index is 630. The van der Waals surface area contributed by atoms with Crippen LogP contribution in [-0.2, 0) is 19.5 Å². The van der Waals surface area contributed by atoms with Gasteiger partial charge in [-0.25, -0.2) is 4.98 Å². The highest BCUT2D eigenvalue weighted by atomic mass is 16.2. The van der Waals surface area contributed by atoms with E-state index in [9.17, 15) is 4.79 Å². The summed E-state index contributed by atoms with van der Waals surface area (Å²) in [5.41, 5.74) is 5.75. The molecule has 0 atom stereocenters. The van der Waals surface area contributed by atoms with Crippen LogP contribution >= 0.6 is 0 Å². The van der Waals surface area contributed by atoms with E-state index >= 15 is 0 Å². The van der Waals surface area contributed by atoms with Gasteiger partial charge >= 0.3 is 0 Å². The molecule has 0 saturated carbocycles. The molecule has 8 heteroatoms. The van der Waals surface area contributed by atoms with Crippen LogP contribution < -0.4 is 11.1 Å². The van der Waals surface area contributed by atoms with Gasteiger partial charge in [0.15, 0.2) is 5.69 Å². The minimum atomic E-state index is -0.262. The van der Waals surface area contributed by atoms with Crippen molar-refractivity contribution in [3.63, 3.8) is 0 Å². The minimum Gasteiger partial charge on any atom is -0.330 e. The van der Waals surface area contributed by atoms with Gasteiger partial charge in [-0.3, -0.25) is 9.48 Å². The first-order valence-electron chi connectivity index (χ1n) is 7.24. The smallest absolute Gasteiger partial charge is 0.278 e. The first kappa shape index (κ1) is 13.7. The number of nitrogens with one attached hydrogen (secondary N) is 1. The molecule has 2 aromatic rings. The molecule has 3 N–H and O–H groups in total. The summed E-state index contributed by atoms with van der Waals surface area (Å²) >= 11 is 0. The second kappa shape index (κ2) is 6.04. The predicted octanol–water partition coefficient (Wildman–Crippen LogP) is 0.412. The zero-order valence-corrected chi connectivity index (χ0v) is 11.8. The number of aromatic nitrogens is 5. The molecular formula is C13H19N7O. The average Bonchev–Trinajstić information content (AvgIpc) is 3.13. The highest BCUT2D eigenvalue weighted by molar-refractivity contribution is 6.02. The second-order valence-electron chi connectivity index (χ2n) is 5.13. The van der Waals surface area contributed by atoms with Gasteiger partial charge in [-0.1, -0.05) is 5.21 Å². The van der Waals surface area contributed by atoms with Crippen molar-refractivity contribution in [2.75, 3.05) is 11.9 Å². The summed E-state index contributed by atoms with van der Waals surface area (Å²) in [6, 6.07) is 0. The Hall–Kier alpha value is -2.22. The Kier molecular flexibility index (Phi) is 3.96. The van der Waals surface area contributed by atoms with E-state index < -0.39 is 0 Å². The summed E-state index contributed by atoms with van der Waals surface area (Å²) in [7, 11) is 0. The zero-order chi connectivity index (χ0) is 14.7. The normalized spacial score (nSPS) is 14.0. The van der Waals surface area contributed by atoms with Crippen molar-refractivity contribution in [2.45, 2.75) is 38.8 Å². The van der Waals surface area contributed by atoms with Crippen molar-refractivity contribution in [1.82, 2.24) is 24.5 Å². The van der Waals surface area contributed by atoms with Gasteiger partial charge in [-0.2, -0.15) is 0 Å². The Balaban J connectivity index is 1.68. The number of hydrogen-bond donors (Lipinski definition) is 2. The third-order valence-corrected chi connectivity index (χ3v) is 3.57. The Morgan fingerprint density at radius 3 is 3.19 bits per heavy atom. The maximum Gasteiger partial charge on any atom is 0.278 e. The lowest BCUT2D eigenvalue weighted by Gasteiger charge is -2.16. The molecule has 0 aliphatic carbocycles. The number of imidazole rings is 1. The van der Waals surface area contributed by atoms with Crippen molar-refractivity contribution in [1.29, 1.82) is 0 Å². The average molecular weight is 289 g/mol. The van der Waals surface area contributed by atoms with Gasteiger partial charge in [0.2, 0.25) is 0 Å². The van der Waals surface area contributed by atoms with Gasteiger partial charge in [-0.15, -0.1) is 5.10 Å². The number of nitrogens with zero attached hydrogens (tertiary/aromatic N) is 5. The molecule has 2 aromatic heterocycles. The largest absolute Gasteiger partial charge is 0.330 e. The first-order valence-corrected chi connectivity index (χ1v) is 7.24. The van der Waals surface area contributed by atoms with Crippen LogP contribution in [0.4, 0.5) is 5.82 Å². The van der Waals surface area contributed by atoms with Crippen LogP contribution in [-0.4, -0.2) is 37.0 Å². The molecule has 1 amide bonds. The predicted molar refractivity (Wildman–Crippen MR) is 76.8 cm³/mol.